The first-order chi connectivity index (χ1) is 47.2. The van der Waals surface area contributed by atoms with Crippen molar-refractivity contribution in [3.05, 3.63) is 0 Å². The fraction of sp³-hybridized carbons (Fsp3) is 0.930. The highest BCUT2D eigenvalue weighted by molar-refractivity contribution is 9.09. The number of rotatable bonds is 20. The average Bonchev–Trinajstić information content (AvgIpc) is 1.67. The summed E-state index contributed by atoms with van der Waals surface area (Å²) in [6.45, 7) is 55.1. The Kier molecular flexibility index (Phi) is 24.6. The number of Topliss-reactive ketones (excluding diaryl/α,β-unsaturated/α-hetero) is 2. The molecule has 0 amide bonds. The Bertz CT molecular complexity index is 3070. The van der Waals surface area contributed by atoms with Gasteiger partial charge in [0.25, 0.3) is 0 Å². The molecule has 0 aromatic carbocycles. The van der Waals surface area contributed by atoms with E-state index < -0.39 is 71.3 Å². The van der Waals surface area contributed by atoms with Crippen LogP contribution in [0.1, 0.15) is 302 Å². The van der Waals surface area contributed by atoms with E-state index in [2.05, 4.69) is 113 Å². The molecule has 17 heteroatoms. The molecule has 13 unspecified atom stereocenters. The van der Waals surface area contributed by atoms with Gasteiger partial charge in [-0.15, -0.1) is 0 Å². The number of fused-ring (bicyclic) bond motifs is 10. The van der Waals surface area contributed by atoms with Crippen molar-refractivity contribution in [2.45, 2.75) is 366 Å². The molecule has 590 valence electrons. The molecule has 2 N–H and O–H groups in total. The second-order valence-corrected chi connectivity index (χ2v) is 41.6. The number of carbonyl (C=O) groups excluding carboxylic acids is 6. The maximum absolute atomic E-state index is 15.0. The molecule has 8 saturated carbocycles. The largest absolute Gasteiger partial charge is 0.463 e. The zero-order chi connectivity index (χ0) is 77.1. The Balaban J connectivity index is 0.000000239. The van der Waals surface area contributed by atoms with Crippen LogP contribution in [-0.4, -0.2) is 123 Å². The van der Waals surface area contributed by atoms with E-state index in [1.165, 1.54) is 66.2 Å². The Hall–Kier alpha value is -2.54. The fourth-order valence-corrected chi connectivity index (χ4v) is 25.9. The molecule has 2 aliphatic heterocycles. The van der Waals surface area contributed by atoms with Crippen LogP contribution in [0, 0.1) is 126 Å². The van der Waals surface area contributed by atoms with Crippen LogP contribution in [0.2, 0.25) is 0 Å². The third-order valence-corrected chi connectivity index (χ3v) is 35.0. The summed E-state index contributed by atoms with van der Waals surface area (Å²) in [6.07, 6.45) is 13.4. The molecular formula is C86H143BrO16. The van der Waals surface area contributed by atoms with Crippen LogP contribution >= 0.6 is 15.9 Å². The van der Waals surface area contributed by atoms with Crippen molar-refractivity contribution in [1.82, 2.24) is 0 Å². The molecule has 29 atom stereocenters. The number of carbonyl (C=O) groups is 6. The topological polar surface area (TPSA) is 217 Å². The molecule has 8 aliphatic carbocycles. The van der Waals surface area contributed by atoms with Crippen LogP contribution in [-0.2, 0) is 66.7 Å². The molecule has 0 aromatic rings. The van der Waals surface area contributed by atoms with Crippen molar-refractivity contribution in [1.29, 1.82) is 0 Å². The van der Waals surface area contributed by atoms with Gasteiger partial charge in [-0.2, -0.15) is 0 Å². The van der Waals surface area contributed by atoms with Gasteiger partial charge < -0.3 is 48.1 Å². The molecular weight excluding hydrogens is 1370 g/mol. The standard InChI is InChI=1S/C43H71BrO8.C43H72O8/c1-24-14-18-40(10)32(38(24,6)7)16-20-41(11)33(40)22-30(47)35-29(15-19-42(35,41)12)43(13,21-17-34(44)39(8,9)48)52-37-36(50-28(5)46)26(3)25(2)31(51-37)23-49-27(4)45;1-25-15-20-40(10)33(39(25,8)9)17-22-41(11)34(40)23-31(46)35-30(16-21-42(35,41)12)43(13,19-14-18-38(6,7)47)51-37-36(49-29(5)45)27(3)26(2)32(50-37)24-48-28(4)44/h24-26,29,31-37,48H,14-23H2,1-13H3;25-27,30,32-37,47H,14-24H2,1-13H3/t24-,25-,26-,29?,31?,32?,33?,34?,35?,36?,37-,40-,41+,42+,43-;25-,26-,27-,30?,32?,33?,34?,35?,36?,37-,40-,41+,42+,43-/m00/s1. The van der Waals surface area contributed by atoms with Crippen molar-refractivity contribution < 1.29 is 76.9 Å². The smallest absolute Gasteiger partial charge is 0.303 e. The molecule has 103 heavy (non-hydrogen) atoms. The number of aliphatic hydroxyl groups is 2. The molecule has 10 fully saturated rings. The minimum absolute atomic E-state index is 0.00881. The first kappa shape index (κ1) is 84.5. The second kappa shape index (κ2) is 29.9. The summed E-state index contributed by atoms with van der Waals surface area (Å²) in [4.78, 5) is 78.4. The van der Waals surface area contributed by atoms with E-state index in [0.29, 0.717) is 92.0 Å². The fourth-order valence-electron chi connectivity index (χ4n) is 25.6. The van der Waals surface area contributed by atoms with Gasteiger partial charge in [0.1, 0.15) is 24.8 Å². The Morgan fingerprint density at radius 2 is 0.845 bits per heavy atom. The van der Waals surface area contributed by atoms with Gasteiger partial charge in [0, 0.05) is 69.0 Å². The van der Waals surface area contributed by atoms with Gasteiger partial charge in [-0.25, -0.2) is 0 Å². The summed E-state index contributed by atoms with van der Waals surface area (Å²) in [7, 11) is 0. The molecule has 16 nitrogen and oxygen atoms in total. The van der Waals surface area contributed by atoms with Crippen LogP contribution in [0.3, 0.4) is 0 Å². The van der Waals surface area contributed by atoms with E-state index in [0.717, 1.165) is 38.5 Å². The van der Waals surface area contributed by atoms with Crippen molar-refractivity contribution >= 4 is 51.4 Å². The van der Waals surface area contributed by atoms with E-state index in [1.807, 2.05) is 41.5 Å². The number of ketones is 2. The summed E-state index contributed by atoms with van der Waals surface area (Å²) in [5.74, 6) is 1.51. The van der Waals surface area contributed by atoms with Crippen LogP contribution in [0.15, 0.2) is 0 Å². The molecule has 0 aromatic heterocycles. The third-order valence-electron chi connectivity index (χ3n) is 33.4. The summed E-state index contributed by atoms with van der Waals surface area (Å²) in [5.41, 5.74) is -3.05. The van der Waals surface area contributed by atoms with Gasteiger partial charge >= 0.3 is 23.9 Å². The lowest BCUT2D eigenvalue weighted by atomic mass is 9.34. The lowest BCUT2D eigenvalue weighted by Gasteiger charge is -2.69. The third kappa shape index (κ3) is 15.4. The lowest BCUT2D eigenvalue weighted by Crippen LogP contribution is -2.65. The molecule has 10 rings (SSSR count). The number of hydrogen-bond donors (Lipinski definition) is 2. The van der Waals surface area contributed by atoms with Crippen molar-refractivity contribution in [2.75, 3.05) is 13.2 Å². The van der Waals surface area contributed by atoms with E-state index in [-0.39, 0.29) is 121 Å². The second-order valence-electron chi connectivity index (χ2n) is 40.5. The lowest BCUT2D eigenvalue weighted by molar-refractivity contribution is -0.319. The zero-order valence-electron chi connectivity index (χ0n) is 69.0. The molecule has 0 spiro atoms. The highest BCUT2D eigenvalue weighted by atomic mass is 79.9. The van der Waals surface area contributed by atoms with Gasteiger partial charge in [-0.05, 0) is 253 Å². The number of alkyl halides is 1. The predicted octanol–water partition coefficient (Wildman–Crippen LogP) is 17.8. The van der Waals surface area contributed by atoms with Crippen LogP contribution in [0.5, 0.6) is 0 Å². The summed E-state index contributed by atoms with van der Waals surface area (Å²) >= 11 is 3.77. The zero-order valence-corrected chi connectivity index (χ0v) is 70.5. The minimum Gasteiger partial charge on any atom is -0.463 e. The number of esters is 4. The van der Waals surface area contributed by atoms with Gasteiger partial charge in [0.2, 0.25) is 0 Å². The van der Waals surface area contributed by atoms with Gasteiger partial charge in [-0.3, -0.25) is 28.8 Å². The Labute approximate surface area is 630 Å². The first-order valence-corrected chi connectivity index (χ1v) is 41.6. The maximum atomic E-state index is 15.0. The molecule has 10 aliphatic rings. The Morgan fingerprint density at radius 3 is 1.18 bits per heavy atom. The molecule has 2 heterocycles. The van der Waals surface area contributed by atoms with Gasteiger partial charge in [0.15, 0.2) is 24.8 Å². The number of ether oxygens (including phenoxy) is 8. The summed E-state index contributed by atoms with van der Waals surface area (Å²) in [5, 5.41) is 21.7. The van der Waals surface area contributed by atoms with Crippen molar-refractivity contribution in [2.24, 2.45) is 126 Å². The van der Waals surface area contributed by atoms with Crippen molar-refractivity contribution in [3.8, 4) is 0 Å². The van der Waals surface area contributed by atoms with Crippen LogP contribution in [0.25, 0.3) is 0 Å². The monoisotopic (exact) mass is 1510 g/mol. The quantitative estimate of drug-likeness (QED) is 0.0658. The van der Waals surface area contributed by atoms with Crippen LogP contribution in [0.4, 0.5) is 0 Å². The predicted molar refractivity (Wildman–Crippen MR) is 403 cm³/mol. The molecule has 0 radical (unpaired) electrons. The van der Waals surface area contributed by atoms with Crippen LogP contribution < -0.4 is 0 Å². The van der Waals surface area contributed by atoms with Gasteiger partial charge in [-0.1, -0.05) is 127 Å². The highest BCUT2D eigenvalue weighted by Gasteiger charge is 2.74. The van der Waals surface area contributed by atoms with Gasteiger partial charge in [0.05, 0.1) is 34.6 Å². The number of halogens is 1. The minimum atomic E-state index is -0.966. The highest BCUT2D eigenvalue weighted by Crippen LogP contribution is 2.78. The SMILES string of the molecule is CC(=O)OCC1O[C@@H](O[C@@](C)(CCC(Br)C(C)(C)O)C2CC[C@]3(C)C2C(=O)CC2[C@@]4(C)CC[C@H](C)C(C)(C)C4CC[C@]23C)C(OC(C)=O)[C@@H](C)[C@@H]1C.CC(=O)OCC1O[C@@H](O[C@@](C)(CCCC(C)(C)O)C2CC[C@]3(C)C2C(=O)CC2[C@@]4(C)CC[C@H](C)C(C)(C)C4CC[C@]23C)C(OC(C)=O)[C@@H](C)[C@@H]1C. The molecule has 2 saturated heterocycles. The van der Waals surface area contributed by atoms with E-state index in [4.69, 9.17) is 37.9 Å². The van der Waals surface area contributed by atoms with E-state index >= 15 is 4.79 Å². The summed E-state index contributed by atoms with van der Waals surface area (Å²) < 4.78 is 50.5. The van der Waals surface area contributed by atoms with E-state index in [9.17, 15) is 34.2 Å². The average molecular weight is 1510 g/mol. The number of hydrogen-bond acceptors (Lipinski definition) is 16. The first-order valence-electron chi connectivity index (χ1n) is 40.7. The molecule has 0 bridgehead atoms. The Morgan fingerprint density at radius 1 is 0.485 bits per heavy atom. The van der Waals surface area contributed by atoms with Crippen molar-refractivity contribution in [3.63, 3.8) is 0 Å². The normalized spacial score (nSPS) is 44.8. The van der Waals surface area contributed by atoms with E-state index in [1.54, 1.807) is 13.8 Å². The summed E-state index contributed by atoms with van der Waals surface area (Å²) in [6, 6.07) is 0. The maximum Gasteiger partial charge on any atom is 0.303 e.